The number of sulfonamides is 1. The van der Waals surface area contributed by atoms with E-state index in [0.29, 0.717) is 24.4 Å². The second-order valence-electron chi connectivity index (χ2n) is 5.72. The number of piperidine rings is 1. The zero-order chi connectivity index (χ0) is 17.9. The van der Waals surface area contributed by atoms with Crippen LogP contribution in [0.3, 0.4) is 0 Å². The highest BCUT2D eigenvalue weighted by Crippen LogP contribution is 2.24. The van der Waals surface area contributed by atoms with Crippen LogP contribution in [0.1, 0.15) is 19.8 Å². The molecule has 1 saturated heterocycles. The number of carbonyl (C=O) groups is 2. The minimum atomic E-state index is -3.71. The van der Waals surface area contributed by atoms with Crippen LogP contribution in [0, 0.1) is 5.92 Å². The lowest BCUT2D eigenvalue weighted by Gasteiger charge is -2.31. The summed E-state index contributed by atoms with van der Waals surface area (Å²) in [7, 11) is -3.71. The first-order valence-corrected chi connectivity index (χ1v) is 9.32. The number of halogens is 1. The Morgan fingerprint density at radius 2 is 1.96 bits per heavy atom. The van der Waals surface area contributed by atoms with Gasteiger partial charge in [0.25, 0.3) is 0 Å². The summed E-state index contributed by atoms with van der Waals surface area (Å²) in [6.07, 6.45) is 1.05. The molecule has 0 bridgehead atoms. The molecule has 2 N–H and O–H groups in total. The van der Waals surface area contributed by atoms with Crippen LogP contribution < -0.4 is 5.32 Å². The average molecular weight is 375 g/mol. The molecule has 9 heteroatoms. The molecular weight excluding hydrogens is 356 g/mol. The Morgan fingerprint density at radius 3 is 2.54 bits per heavy atom. The van der Waals surface area contributed by atoms with Gasteiger partial charge in [0.1, 0.15) is 6.04 Å². The summed E-state index contributed by atoms with van der Waals surface area (Å²) in [5.41, 5.74) is 0. The second-order valence-corrected chi connectivity index (χ2v) is 8.10. The van der Waals surface area contributed by atoms with Crippen molar-refractivity contribution >= 4 is 33.5 Å². The van der Waals surface area contributed by atoms with Crippen molar-refractivity contribution in [3.63, 3.8) is 0 Å². The molecular formula is C15H19ClN2O5S. The monoisotopic (exact) mass is 374 g/mol. The highest BCUT2D eigenvalue weighted by molar-refractivity contribution is 7.89. The maximum atomic E-state index is 12.7. The molecule has 1 heterocycles. The van der Waals surface area contributed by atoms with Crippen LogP contribution >= 0.6 is 11.6 Å². The number of carboxylic acid groups (broad SMARTS) is 1. The number of benzene rings is 1. The lowest BCUT2D eigenvalue weighted by molar-refractivity contribution is -0.142. The molecule has 1 aromatic rings. The van der Waals surface area contributed by atoms with Gasteiger partial charge in [-0.05, 0) is 44.0 Å². The van der Waals surface area contributed by atoms with Crippen LogP contribution in [-0.2, 0) is 19.6 Å². The van der Waals surface area contributed by atoms with Gasteiger partial charge in [0.2, 0.25) is 15.9 Å². The minimum Gasteiger partial charge on any atom is -0.480 e. The van der Waals surface area contributed by atoms with Crippen molar-refractivity contribution in [3.05, 3.63) is 29.3 Å². The van der Waals surface area contributed by atoms with Crippen LogP contribution in [0.25, 0.3) is 0 Å². The van der Waals surface area contributed by atoms with E-state index in [-0.39, 0.29) is 11.4 Å². The molecule has 0 saturated carbocycles. The predicted octanol–water partition coefficient (Wildman–Crippen LogP) is 1.33. The Hall–Kier alpha value is -1.64. The number of nitrogens with one attached hydrogen (secondary N) is 1. The third-order valence-corrected chi connectivity index (χ3v) is 6.07. The fraction of sp³-hybridized carbons (Fsp3) is 0.467. The van der Waals surface area contributed by atoms with Gasteiger partial charge >= 0.3 is 5.97 Å². The lowest BCUT2D eigenvalue weighted by Crippen LogP contribution is -2.48. The smallest absolute Gasteiger partial charge is 0.325 e. The van der Waals surface area contributed by atoms with E-state index < -0.39 is 33.9 Å². The molecule has 0 aliphatic carbocycles. The first-order valence-electron chi connectivity index (χ1n) is 7.50. The number of hydrogen-bond donors (Lipinski definition) is 2. The molecule has 7 nitrogen and oxygen atoms in total. The highest BCUT2D eigenvalue weighted by atomic mass is 35.5. The Balaban J connectivity index is 2.11. The van der Waals surface area contributed by atoms with Crippen LogP contribution in [0.15, 0.2) is 29.2 Å². The third kappa shape index (κ3) is 4.25. The molecule has 1 aliphatic rings. The molecule has 2 atom stereocenters. The zero-order valence-corrected chi connectivity index (χ0v) is 14.7. The van der Waals surface area contributed by atoms with Crippen LogP contribution in [0.4, 0.5) is 0 Å². The topological polar surface area (TPSA) is 104 Å². The van der Waals surface area contributed by atoms with E-state index in [1.165, 1.54) is 35.5 Å². The molecule has 0 aromatic heterocycles. The van der Waals surface area contributed by atoms with Crippen molar-refractivity contribution < 1.29 is 23.1 Å². The second kappa shape index (κ2) is 7.50. The quantitative estimate of drug-likeness (QED) is 0.809. The van der Waals surface area contributed by atoms with Gasteiger partial charge in [0.05, 0.1) is 10.8 Å². The van der Waals surface area contributed by atoms with Crippen LogP contribution in [-0.4, -0.2) is 48.8 Å². The highest BCUT2D eigenvalue weighted by Gasteiger charge is 2.34. The average Bonchev–Trinajstić information content (AvgIpc) is 2.55. The Labute approximate surface area is 145 Å². The number of carbonyl (C=O) groups excluding carboxylic acids is 1. The molecule has 1 aliphatic heterocycles. The van der Waals surface area contributed by atoms with E-state index >= 15 is 0 Å². The van der Waals surface area contributed by atoms with E-state index in [2.05, 4.69) is 5.32 Å². The van der Waals surface area contributed by atoms with E-state index in [4.69, 9.17) is 16.7 Å². The van der Waals surface area contributed by atoms with E-state index in [0.717, 1.165) is 0 Å². The van der Waals surface area contributed by atoms with Gasteiger partial charge in [-0.3, -0.25) is 9.59 Å². The number of rotatable bonds is 5. The summed E-state index contributed by atoms with van der Waals surface area (Å²) in [4.78, 5) is 23.1. The summed E-state index contributed by atoms with van der Waals surface area (Å²) >= 11 is 5.78. The molecule has 1 fully saturated rings. The van der Waals surface area contributed by atoms with Crippen LogP contribution in [0.2, 0.25) is 5.02 Å². The van der Waals surface area contributed by atoms with Crippen molar-refractivity contribution in [2.45, 2.75) is 30.7 Å². The SMILES string of the molecule is C[C@@H](NC(=O)C1CCCN(S(=O)(=O)c2ccc(Cl)cc2)C1)C(=O)O. The standard InChI is InChI=1S/C15H19ClN2O5S/c1-10(15(20)21)17-14(19)11-3-2-8-18(9-11)24(22,23)13-6-4-12(16)5-7-13/h4-7,10-11H,2-3,8-9H2,1H3,(H,17,19)(H,20,21)/t10-,11?/m1/s1. The predicted molar refractivity (Wildman–Crippen MR) is 88.2 cm³/mol. The zero-order valence-electron chi connectivity index (χ0n) is 13.1. The van der Waals surface area contributed by atoms with Gasteiger partial charge in [-0.25, -0.2) is 8.42 Å². The van der Waals surface area contributed by atoms with Gasteiger partial charge in [-0.1, -0.05) is 11.6 Å². The molecule has 1 aromatic carbocycles. The van der Waals surface area contributed by atoms with Crippen molar-refractivity contribution in [2.24, 2.45) is 5.92 Å². The Morgan fingerprint density at radius 1 is 1.33 bits per heavy atom. The molecule has 1 amide bonds. The Bertz CT molecular complexity index is 720. The van der Waals surface area contributed by atoms with E-state index in [9.17, 15) is 18.0 Å². The fourth-order valence-corrected chi connectivity index (χ4v) is 4.17. The van der Waals surface area contributed by atoms with Gasteiger partial charge in [0.15, 0.2) is 0 Å². The molecule has 24 heavy (non-hydrogen) atoms. The maximum absolute atomic E-state index is 12.7. The Kier molecular flexibility index (Phi) is 5.84. The van der Waals surface area contributed by atoms with Gasteiger partial charge in [0, 0.05) is 18.1 Å². The number of carboxylic acids is 1. The van der Waals surface area contributed by atoms with Crippen molar-refractivity contribution in [3.8, 4) is 0 Å². The van der Waals surface area contributed by atoms with Crippen molar-refractivity contribution in [1.29, 1.82) is 0 Å². The number of hydrogen-bond acceptors (Lipinski definition) is 4. The van der Waals surface area contributed by atoms with Gasteiger partial charge < -0.3 is 10.4 Å². The van der Waals surface area contributed by atoms with Crippen molar-refractivity contribution in [1.82, 2.24) is 9.62 Å². The number of amides is 1. The fourth-order valence-electron chi connectivity index (χ4n) is 2.52. The molecule has 2 rings (SSSR count). The van der Waals surface area contributed by atoms with E-state index in [1.807, 2.05) is 0 Å². The summed E-state index contributed by atoms with van der Waals surface area (Å²) < 4.78 is 26.6. The number of nitrogens with zero attached hydrogens (tertiary/aromatic N) is 1. The van der Waals surface area contributed by atoms with Crippen molar-refractivity contribution in [2.75, 3.05) is 13.1 Å². The first-order chi connectivity index (χ1) is 11.2. The minimum absolute atomic E-state index is 0.0309. The molecule has 1 unspecified atom stereocenters. The van der Waals surface area contributed by atoms with Crippen LogP contribution in [0.5, 0.6) is 0 Å². The molecule has 132 valence electrons. The van der Waals surface area contributed by atoms with Gasteiger partial charge in [-0.2, -0.15) is 4.31 Å². The summed E-state index contributed by atoms with van der Waals surface area (Å²) in [5.74, 6) is -2.15. The largest absolute Gasteiger partial charge is 0.480 e. The lowest BCUT2D eigenvalue weighted by atomic mass is 9.98. The molecule has 0 radical (unpaired) electrons. The van der Waals surface area contributed by atoms with E-state index in [1.54, 1.807) is 0 Å². The third-order valence-electron chi connectivity index (χ3n) is 3.94. The normalized spacial score (nSPS) is 20.3. The first kappa shape index (κ1) is 18.7. The summed E-state index contributed by atoms with van der Waals surface area (Å²) in [6.45, 7) is 1.72. The maximum Gasteiger partial charge on any atom is 0.325 e. The number of aliphatic carboxylic acids is 1. The summed E-state index contributed by atoms with van der Waals surface area (Å²) in [5, 5.41) is 11.7. The van der Waals surface area contributed by atoms with Gasteiger partial charge in [-0.15, -0.1) is 0 Å². The molecule has 0 spiro atoms. The summed E-state index contributed by atoms with van der Waals surface area (Å²) in [6, 6.07) is 4.83.